The average molecular weight is 116 g/mol. The third-order valence-corrected chi connectivity index (χ3v) is 0.635. The number of imidazole rings is 1. The molecule has 0 spiro atoms. The number of aromatic amines is 1. The van der Waals surface area contributed by atoms with Crippen LogP contribution in [0.5, 0.6) is 0 Å². The molecule has 0 aromatic carbocycles. The summed E-state index contributed by atoms with van der Waals surface area (Å²) in [6, 6.07) is 0. The van der Waals surface area contributed by atoms with Crippen molar-refractivity contribution in [2.45, 2.75) is 6.92 Å². The fourth-order valence-corrected chi connectivity index (χ4v) is 0.325. The van der Waals surface area contributed by atoms with Crippen LogP contribution in [0.4, 0.5) is 0 Å². The summed E-state index contributed by atoms with van der Waals surface area (Å²) in [7, 11) is 0. The zero-order chi connectivity index (χ0) is 4.41. The molecule has 1 aromatic heterocycles. The number of nitrogens with one attached hydrogen (secondary N) is 1. The highest BCUT2D eigenvalue weighted by Gasteiger charge is 1.73. The highest BCUT2D eigenvalue weighted by Crippen LogP contribution is 1.81. The summed E-state index contributed by atoms with van der Waals surface area (Å²) in [4.78, 5) is 6.66. The van der Waals surface area contributed by atoms with Crippen LogP contribution in [0.15, 0.2) is 12.5 Å². The minimum Gasteiger partial charge on any atom is -0.349 e. The molecule has 0 saturated heterocycles. The topological polar surface area (TPSA) is 28.7 Å². The first kappa shape index (κ1) is 6.56. The van der Waals surface area contributed by atoms with Crippen molar-refractivity contribution in [3.63, 3.8) is 0 Å². The fourth-order valence-electron chi connectivity index (χ4n) is 0.325. The van der Waals surface area contributed by atoms with Gasteiger partial charge in [0.1, 0.15) is 0 Å². The highest BCUT2D eigenvalue weighted by molar-refractivity contribution is 7.59. The molecule has 0 saturated carbocycles. The molecule has 1 aromatic rings. The predicted molar refractivity (Wildman–Crippen MR) is 33.7 cm³/mol. The monoisotopic (exact) mass is 116 g/mol. The van der Waals surface area contributed by atoms with Crippen LogP contribution in [0.25, 0.3) is 0 Å². The van der Waals surface area contributed by atoms with Gasteiger partial charge in [0.15, 0.2) is 0 Å². The van der Waals surface area contributed by atoms with E-state index in [1.54, 1.807) is 12.5 Å². The third-order valence-electron chi connectivity index (χ3n) is 0.635. The van der Waals surface area contributed by atoms with Gasteiger partial charge in [0.25, 0.3) is 0 Å². The van der Waals surface area contributed by atoms with Crippen molar-refractivity contribution in [1.29, 1.82) is 0 Å². The van der Waals surface area contributed by atoms with Gasteiger partial charge >= 0.3 is 0 Å². The van der Waals surface area contributed by atoms with E-state index < -0.39 is 0 Å². The van der Waals surface area contributed by atoms with Crippen molar-refractivity contribution in [2.24, 2.45) is 0 Å². The van der Waals surface area contributed by atoms with Crippen molar-refractivity contribution >= 4 is 13.5 Å². The van der Waals surface area contributed by atoms with E-state index in [4.69, 9.17) is 0 Å². The van der Waals surface area contributed by atoms with Gasteiger partial charge in [0.05, 0.1) is 6.33 Å². The van der Waals surface area contributed by atoms with E-state index in [0.29, 0.717) is 0 Å². The molecular formula is C4H8N2S. The van der Waals surface area contributed by atoms with Crippen molar-refractivity contribution in [2.75, 3.05) is 0 Å². The minimum absolute atomic E-state index is 0. The Morgan fingerprint density at radius 1 is 1.71 bits per heavy atom. The lowest BCUT2D eigenvalue weighted by Gasteiger charge is -1.67. The van der Waals surface area contributed by atoms with E-state index in [-0.39, 0.29) is 13.5 Å². The van der Waals surface area contributed by atoms with Crippen molar-refractivity contribution in [3.05, 3.63) is 18.2 Å². The first-order chi connectivity index (χ1) is 2.89. The van der Waals surface area contributed by atoms with Gasteiger partial charge in [-0.25, -0.2) is 4.98 Å². The van der Waals surface area contributed by atoms with E-state index >= 15 is 0 Å². The molecule has 0 atom stereocenters. The number of aromatic nitrogens is 2. The average Bonchev–Trinajstić information content (AvgIpc) is 1.86. The predicted octanol–water partition coefficient (Wildman–Crippen LogP) is 0.831. The van der Waals surface area contributed by atoms with E-state index in [1.807, 2.05) is 6.92 Å². The molecule has 0 aliphatic heterocycles. The highest BCUT2D eigenvalue weighted by atomic mass is 32.1. The Hall–Kier alpha value is -0.440. The summed E-state index contributed by atoms with van der Waals surface area (Å²) in [5, 5.41) is 0. The summed E-state index contributed by atoms with van der Waals surface area (Å²) in [6.45, 7) is 1.97. The Balaban J connectivity index is 0.000000360. The van der Waals surface area contributed by atoms with Gasteiger partial charge in [0, 0.05) is 11.9 Å². The molecule has 2 nitrogen and oxygen atoms in total. The lowest BCUT2D eigenvalue weighted by atomic mass is 10.6. The molecule has 0 radical (unpaired) electrons. The molecule has 0 aliphatic rings. The molecular weight excluding hydrogens is 108 g/mol. The first-order valence-electron chi connectivity index (χ1n) is 1.84. The van der Waals surface area contributed by atoms with Gasteiger partial charge < -0.3 is 4.98 Å². The summed E-state index contributed by atoms with van der Waals surface area (Å²) in [6.07, 6.45) is 3.44. The number of nitrogens with zero attached hydrogens (tertiary/aromatic N) is 1. The molecule has 0 fully saturated rings. The molecule has 0 bridgehead atoms. The number of hydrogen-bond donors (Lipinski definition) is 1. The molecule has 0 amide bonds. The minimum atomic E-state index is 0. The smallest absolute Gasteiger partial charge is 0.0921 e. The van der Waals surface area contributed by atoms with Gasteiger partial charge in [-0.2, -0.15) is 13.5 Å². The van der Waals surface area contributed by atoms with Crippen molar-refractivity contribution in [3.8, 4) is 0 Å². The quantitative estimate of drug-likeness (QED) is 0.534. The lowest BCUT2D eigenvalue weighted by molar-refractivity contribution is 1.25. The maximum absolute atomic E-state index is 3.77. The second kappa shape index (κ2) is 2.69. The van der Waals surface area contributed by atoms with Gasteiger partial charge in [0.2, 0.25) is 0 Å². The van der Waals surface area contributed by atoms with Crippen LogP contribution in [0.1, 0.15) is 5.69 Å². The molecule has 1 rings (SSSR count). The Morgan fingerprint density at radius 3 is 2.57 bits per heavy atom. The molecule has 1 N–H and O–H groups in total. The summed E-state index contributed by atoms with van der Waals surface area (Å²) >= 11 is 0. The standard InChI is InChI=1S/C4H6N2.H2S/c1-4-2-5-3-6-4;/h2-3H,1H3,(H,5,6);1H2. The maximum Gasteiger partial charge on any atom is 0.0921 e. The fraction of sp³-hybridized carbons (Fsp3) is 0.250. The third kappa shape index (κ3) is 1.64. The zero-order valence-corrected chi connectivity index (χ0v) is 5.10. The molecule has 40 valence electrons. The second-order valence-electron chi connectivity index (χ2n) is 1.23. The van der Waals surface area contributed by atoms with Crippen LogP contribution in [0, 0.1) is 6.92 Å². The van der Waals surface area contributed by atoms with Gasteiger partial charge in [-0.3, -0.25) is 0 Å². The van der Waals surface area contributed by atoms with E-state index in [0.717, 1.165) is 5.69 Å². The largest absolute Gasteiger partial charge is 0.349 e. The molecule has 0 unspecified atom stereocenters. The van der Waals surface area contributed by atoms with Crippen LogP contribution in [0.3, 0.4) is 0 Å². The lowest BCUT2D eigenvalue weighted by Crippen LogP contribution is -1.59. The van der Waals surface area contributed by atoms with Crippen LogP contribution >= 0.6 is 13.5 Å². The normalized spacial score (nSPS) is 7.57. The Morgan fingerprint density at radius 2 is 2.43 bits per heavy atom. The Labute approximate surface area is 49.4 Å². The zero-order valence-electron chi connectivity index (χ0n) is 4.10. The first-order valence-corrected chi connectivity index (χ1v) is 1.84. The van der Waals surface area contributed by atoms with Crippen molar-refractivity contribution < 1.29 is 0 Å². The van der Waals surface area contributed by atoms with Gasteiger partial charge in [-0.15, -0.1) is 0 Å². The van der Waals surface area contributed by atoms with Gasteiger partial charge in [-0.1, -0.05) is 0 Å². The second-order valence-corrected chi connectivity index (χ2v) is 1.23. The number of aryl methyl sites for hydroxylation is 1. The van der Waals surface area contributed by atoms with Crippen molar-refractivity contribution in [1.82, 2.24) is 9.97 Å². The Kier molecular flexibility index (Phi) is 2.52. The number of hydrogen-bond acceptors (Lipinski definition) is 1. The van der Waals surface area contributed by atoms with Gasteiger partial charge in [-0.05, 0) is 6.92 Å². The number of H-pyrrole nitrogens is 1. The van der Waals surface area contributed by atoms with Crippen LogP contribution in [-0.2, 0) is 0 Å². The summed E-state index contributed by atoms with van der Waals surface area (Å²) < 4.78 is 0. The molecule has 1 heterocycles. The van der Waals surface area contributed by atoms with E-state index in [1.165, 1.54) is 0 Å². The maximum atomic E-state index is 3.77. The molecule has 3 heteroatoms. The molecule has 0 aliphatic carbocycles. The van der Waals surface area contributed by atoms with Crippen LogP contribution in [-0.4, -0.2) is 9.97 Å². The Bertz CT molecular complexity index is 113. The van der Waals surface area contributed by atoms with Crippen LogP contribution < -0.4 is 0 Å². The van der Waals surface area contributed by atoms with Crippen LogP contribution in [0.2, 0.25) is 0 Å². The van der Waals surface area contributed by atoms with E-state index in [9.17, 15) is 0 Å². The molecule has 7 heavy (non-hydrogen) atoms. The SMILES string of the molecule is Cc1cnc[nH]1.S. The summed E-state index contributed by atoms with van der Waals surface area (Å²) in [5.74, 6) is 0. The number of rotatable bonds is 0. The van der Waals surface area contributed by atoms with E-state index in [2.05, 4.69) is 9.97 Å². The summed E-state index contributed by atoms with van der Waals surface area (Å²) in [5.41, 5.74) is 1.11.